The summed E-state index contributed by atoms with van der Waals surface area (Å²) in [5.41, 5.74) is 3.13. The van der Waals surface area contributed by atoms with Crippen LogP contribution in [-0.4, -0.2) is 28.7 Å². The van der Waals surface area contributed by atoms with Crippen molar-refractivity contribution in [3.05, 3.63) is 71.3 Å². The van der Waals surface area contributed by atoms with Gasteiger partial charge in [-0.05, 0) is 57.2 Å². The summed E-state index contributed by atoms with van der Waals surface area (Å²) in [6.07, 6.45) is 4.50. The van der Waals surface area contributed by atoms with Crippen molar-refractivity contribution in [1.82, 2.24) is 4.90 Å². The van der Waals surface area contributed by atoms with Crippen molar-refractivity contribution in [3.8, 4) is 11.8 Å². The van der Waals surface area contributed by atoms with E-state index in [2.05, 4.69) is 12.1 Å². The molecule has 1 amide bonds. The fourth-order valence-corrected chi connectivity index (χ4v) is 4.39. The van der Waals surface area contributed by atoms with Gasteiger partial charge >= 0.3 is 6.09 Å². The maximum Gasteiger partial charge on any atom is 0.411 e. The Bertz CT molecular complexity index is 1030. The highest BCUT2D eigenvalue weighted by Gasteiger charge is 2.42. The van der Waals surface area contributed by atoms with E-state index in [1.165, 1.54) is 0 Å². The number of rotatable bonds is 4. The molecule has 1 saturated heterocycles. The van der Waals surface area contributed by atoms with Crippen molar-refractivity contribution in [2.45, 2.75) is 64.3 Å². The molecule has 0 radical (unpaired) electrons. The fourth-order valence-electron chi connectivity index (χ4n) is 4.39. The first-order chi connectivity index (χ1) is 14.9. The third-order valence-electron chi connectivity index (χ3n) is 5.71. The molecule has 160 valence electrons. The SMILES string of the molecule is CC(C)(C)OC(=O)N1[C@H]2CC[C@@H]1C=C(c1cccc(C#N)c1OCc1ccccc1)C2. The number of para-hydroxylation sites is 1. The predicted molar refractivity (Wildman–Crippen MR) is 119 cm³/mol. The first-order valence-electron chi connectivity index (χ1n) is 10.8. The summed E-state index contributed by atoms with van der Waals surface area (Å²) in [4.78, 5) is 14.6. The second-order valence-corrected chi connectivity index (χ2v) is 9.15. The van der Waals surface area contributed by atoms with Gasteiger partial charge in [-0.25, -0.2) is 4.79 Å². The first-order valence-corrected chi connectivity index (χ1v) is 10.8. The highest BCUT2D eigenvalue weighted by atomic mass is 16.6. The van der Waals surface area contributed by atoms with Crippen LogP contribution in [0.2, 0.25) is 0 Å². The fraction of sp³-hybridized carbons (Fsp3) is 0.385. The molecule has 0 spiro atoms. The minimum Gasteiger partial charge on any atom is -0.487 e. The molecule has 1 fully saturated rings. The van der Waals surface area contributed by atoms with Crippen molar-refractivity contribution in [2.24, 2.45) is 0 Å². The van der Waals surface area contributed by atoms with E-state index in [-0.39, 0.29) is 18.2 Å². The molecular formula is C26H28N2O3. The standard InChI is InChI=1S/C26H28N2O3/c1-26(2,3)31-25(29)28-21-12-13-22(28)15-20(14-21)23-11-7-10-19(16-27)24(23)30-17-18-8-5-4-6-9-18/h4-11,14,21-22H,12-13,15,17H2,1-3H3/t21-,22+/m1/s1. The van der Waals surface area contributed by atoms with Crippen molar-refractivity contribution >= 4 is 11.7 Å². The second kappa shape index (κ2) is 8.47. The van der Waals surface area contributed by atoms with Gasteiger partial charge in [0.2, 0.25) is 0 Å². The van der Waals surface area contributed by atoms with E-state index in [1.54, 1.807) is 6.07 Å². The van der Waals surface area contributed by atoms with Gasteiger partial charge in [0, 0.05) is 11.6 Å². The first kappa shape index (κ1) is 21.0. The molecule has 2 heterocycles. The Balaban J connectivity index is 1.61. The molecule has 0 unspecified atom stereocenters. The summed E-state index contributed by atoms with van der Waals surface area (Å²) in [6, 6.07) is 18.0. The van der Waals surface area contributed by atoms with Crippen LogP contribution in [0, 0.1) is 11.3 Å². The molecule has 2 aromatic rings. The Morgan fingerprint density at radius 3 is 2.58 bits per heavy atom. The van der Waals surface area contributed by atoms with Crippen LogP contribution in [0.5, 0.6) is 5.75 Å². The molecule has 0 aromatic heterocycles. The molecule has 5 heteroatoms. The summed E-state index contributed by atoms with van der Waals surface area (Å²) < 4.78 is 11.8. The normalized spacial score (nSPS) is 20.1. The molecule has 2 aromatic carbocycles. The number of benzene rings is 2. The minimum atomic E-state index is -0.514. The van der Waals surface area contributed by atoms with E-state index < -0.39 is 5.60 Å². The van der Waals surface area contributed by atoms with Gasteiger partial charge in [-0.1, -0.05) is 48.5 Å². The van der Waals surface area contributed by atoms with Crippen LogP contribution in [0.1, 0.15) is 56.7 Å². The molecular weight excluding hydrogens is 388 g/mol. The number of nitrogens with zero attached hydrogens (tertiary/aromatic N) is 2. The van der Waals surface area contributed by atoms with Gasteiger partial charge < -0.3 is 9.47 Å². The molecule has 0 saturated carbocycles. The van der Waals surface area contributed by atoms with Crippen molar-refractivity contribution in [2.75, 3.05) is 0 Å². The third kappa shape index (κ3) is 4.59. The average molecular weight is 417 g/mol. The van der Waals surface area contributed by atoms with Crippen molar-refractivity contribution in [1.29, 1.82) is 5.26 Å². The summed E-state index contributed by atoms with van der Waals surface area (Å²) >= 11 is 0. The number of fused-ring (bicyclic) bond motifs is 2. The van der Waals surface area contributed by atoms with Crippen LogP contribution in [0.3, 0.4) is 0 Å². The van der Waals surface area contributed by atoms with Gasteiger partial charge in [0.1, 0.15) is 24.0 Å². The number of amides is 1. The zero-order chi connectivity index (χ0) is 22.0. The van der Waals surface area contributed by atoms with Crippen molar-refractivity contribution in [3.63, 3.8) is 0 Å². The van der Waals surface area contributed by atoms with E-state index in [0.29, 0.717) is 17.9 Å². The maximum atomic E-state index is 12.8. The number of carbonyl (C=O) groups excluding carboxylic acids is 1. The van der Waals surface area contributed by atoms with Gasteiger partial charge in [-0.3, -0.25) is 4.90 Å². The second-order valence-electron chi connectivity index (χ2n) is 9.15. The molecule has 0 N–H and O–H groups in total. The van der Waals surface area contributed by atoms with E-state index in [4.69, 9.17) is 9.47 Å². The molecule has 2 aliphatic heterocycles. The quantitative estimate of drug-likeness (QED) is 0.642. The van der Waals surface area contributed by atoms with E-state index in [9.17, 15) is 10.1 Å². The van der Waals surface area contributed by atoms with Crippen LogP contribution < -0.4 is 4.74 Å². The summed E-state index contributed by atoms with van der Waals surface area (Å²) in [7, 11) is 0. The number of carbonyl (C=O) groups is 1. The maximum absolute atomic E-state index is 12.8. The van der Waals surface area contributed by atoms with Crippen LogP contribution in [0.15, 0.2) is 54.6 Å². The molecule has 5 nitrogen and oxygen atoms in total. The van der Waals surface area contributed by atoms with Crippen LogP contribution in [0.4, 0.5) is 4.79 Å². The largest absolute Gasteiger partial charge is 0.487 e. The number of nitriles is 1. The lowest BCUT2D eigenvalue weighted by Crippen LogP contribution is -2.45. The number of ether oxygens (including phenoxy) is 2. The molecule has 2 atom stereocenters. The van der Waals surface area contributed by atoms with Gasteiger partial charge in [-0.2, -0.15) is 5.26 Å². The van der Waals surface area contributed by atoms with Crippen LogP contribution in [0.25, 0.3) is 5.57 Å². The highest BCUT2D eigenvalue weighted by Crippen LogP contribution is 2.42. The number of hydrogen-bond donors (Lipinski definition) is 0. The summed E-state index contributed by atoms with van der Waals surface area (Å²) in [6.45, 7) is 6.07. The van der Waals surface area contributed by atoms with Crippen LogP contribution >= 0.6 is 0 Å². The number of hydrogen-bond acceptors (Lipinski definition) is 4. The summed E-state index contributed by atoms with van der Waals surface area (Å²) in [5, 5.41) is 9.66. The predicted octanol–water partition coefficient (Wildman–Crippen LogP) is 5.69. The molecule has 2 bridgehead atoms. The lowest BCUT2D eigenvalue weighted by atomic mass is 9.93. The monoisotopic (exact) mass is 416 g/mol. The van der Waals surface area contributed by atoms with Crippen LogP contribution in [-0.2, 0) is 11.3 Å². The van der Waals surface area contributed by atoms with Gasteiger partial charge in [0.25, 0.3) is 0 Å². The third-order valence-corrected chi connectivity index (χ3v) is 5.71. The molecule has 2 aliphatic rings. The zero-order valence-corrected chi connectivity index (χ0v) is 18.3. The topological polar surface area (TPSA) is 62.6 Å². The highest BCUT2D eigenvalue weighted by molar-refractivity contribution is 5.78. The Labute approximate surface area is 183 Å². The van der Waals surface area contributed by atoms with E-state index >= 15 is 0 Å². The molecule has 4 rings (SSSR count). The van der Waals surface area contributed by atoms with Gasteiger partial charge in [-0.15, -0.1) is 0 Å². The van der Waals surface area contributed by atoms with Crippen molar-refractivity contribution < 1.29 is 14.3 Å². The van der Waals surface area contributed by atoms with Gasteiger partial charge in [0.05, 0.1) is 11.6 Å². The Morgan fingerprint density at radius 2 is 1.90 bits per heavy atom. The lowest BCUT2D eigenvalue weighted by Gasteiger charge is -2.35. The van der Waals surface area contributed by atoms with Gasteiger partial charge in [0.15, 0.2) is 0 Å². The van der Waals surface area contributed by atoms with E-state index in [0.717, 1.165) is 36.0 Å². The molecule has 31 heavy (non-hydrogen) atoms. The summed E-state index contributed by atoms with van der Waals surface area (Å²) in [5.74, 6) is 0.616. The Kier molecular flexibility index (Phi) is 5.73. The lowest BCUT2D eigenvalue weighted by molar-refractivity contribution is 0.0175. The zero-order valence-electron chi connectivity index (χ0n) is 18.3. The average Bonchev–Trinajstić information content (AvgIpc) is 3.01. The Morgan fingerprint density at radius 1 is 1.13 bits per heavy atom. The van der Waals surface area contributed by atoms with E-state index in [1.807, 2.05) is 68.1 Å². The minimum absolute atomic E-state index is 0.0105. The molecule has 0 aliphatic carbocycles. The smallest absolute Gasteiger partial charge is 0.411 e. The Hall–Kier alpha value is -3.26.